The number of nitrogens with one attached hydrogen (secondary N) is 2. The van der Waals surface area contributed by atoms with Crippen molar-refractivity contribution < 1.29 is 14.6 Å². The van der Waals surface area contributed by atoms with Crippen molar-refractivity contribution in [3.8, 4) is 16.9 Å². The van der Waals surface area contributed by atoms with Crippen LogP contribution in [0.3, 0.4) is 0 Å². The zero-order valence-electron chi connectivity index (χ0n) is 20.4. The SMILES string of the molecule is COc1ccc2[nH]c(=O)c3sccc3c2c1-c1ccc(C2(C(NC(=O)O)C(C)(C)C)CCC2)cc1. The summed E-state index contributed by atoms with van der Waals surface area (Å²) in [6.45, 7) is 6.28. The average molecular weight is 491 g/mol. The molecule has 182 valence electrons. The Morgan fingerprint density at radius 1 is 1.14 bits per heavy atom. The lowest BCUT2D eigenvalue weighted by atomic mass is 9.55. The van der Waals surface area contributed by atoms with Gasteiger partial charge >= 0.3 is 6.09 Å². The Morgan fingerprint density at radius 2 is 1.86 bits per heavy atom. The van der Waals surface area contributed by atoms with Gasteiger partial charge in [-0.2, -0.15) is 0 Å². The largest absolute Gasteiger partial charge is 0.496 e. The van der Waals surface area contributed by atoms with Gasteiger partial charge in [0.05, 0.1) is 7.11 Å². The van der Waals surface area contributed by atoms with E-state index in [4.69, 9.17) is 4.74 Å². The van der Waals surface area contributed by atoms with Crippen molar-refractivity contribution >= 4 is 38.4 Å². The summed E-state index contributed by atoms with van der Waals surface area (Å²) in [6, 6.07) is 14.0. The van der Waals surface area contributed by atoms with Crippen molar-refractivity contribution in [1.82, 2.24) is 10.3 Å². The Hall–Kier alpha value is -3.32. The van der Waals surface area contributed by atoms with Crippen LogP contribution in [0.1, 0.15) is 45.6 Å². The molecule has 3 N–H and O–H groups in total. The first-order valence-corrected chi connectivity index (χ1v) is 12.7. The van der Waals surface area contributed by atoms with Crippen LogP contribution >= 0.6 is 11.3 Å². The highest BCUT2D eigenvalue weighted by molar-refractivity contribution is 7.17. The second kappa shape index (κ2) is 8.41. The first kappa shape index (κ1) is 23.4. The summed E-state index contributed by atoms with van der Waals surface area (Å²) in [5, 5.41) is 16.2. The van der Waals surface area contributed by atoms with Gasteiger partial charge in [-0.15, -0.1) is 11.3 Å². The predicted molar refractivity (Wildman–Crippen MR) is 142 cm³/mol. The molecule has 0 spiro atoms. The average Bonchev–Trinajstić information content (AvgIpc) is 3.27. The number of aromatic amines is 1. The quantitative estimate of drug-likeness (QED) is 0.297. The maximum absolute atomic E-state index is 12.5. The molecule has 0 bridgehead atoms. The number of methoxy groups -OCH3 is 1. The molecule has 6 nitrogen and oxygen atoms in total. The van der Waals surface area contributed by atoms with Gasteiger partial charge in [-0.3, -0.25) is 4.79 Å². The zero-order valence-corrected chi connectivity index (χ0v) is 21.2. The van der Waals surface area contributed by atoms with Crippen LogP contribution in [0.25, 0.3) is 32.1 Å². The second-order valence-electron chi connectivity index (χ2n) is 10.5. The summed E-state index contributed by atoms with van der Waals surface area (Å²) in [5.41, 5.74) is 3.30. The van der Waals surface area contributed by atoms with Gasteiger partial charge < -0.3 is 20.1 Å². The van der Waals surface area contributed by atoms with Crippen LogP contribution in [-0.4, -0.2) is 29.3 Å². The van der Waals surface area contributed by atoms with E-state index in [1.807, 2.05) is 23.6 Å². The molecular formula is C28H30N2O4S. The van der Waals surface area contributed by atoms with Crippen molar-refractivity contribution in [3.63, 3.8) is 0 Å². The summed E-state index contributed by atoms with van der Waals surface area (Å²) < 4.78 is 6.46. The number of hydrogen-bond donors (Lipinski definition) is 3. The fourth-order valence-electron chi connectivity index (χ4n) is 5.86. The predicted octanol–water partition coefficient (Wildman–Crippen LogP) is 6.52. The number of thiophene rings is 1. The van der Waals surface area contributed by atoms with E-state index in [0.29, 0.717) is 4.70 Å². The minimum absolute atomic E-state index is 0.0833. The van der Waals surface area contributed by atoms with Gasteiger partial charge in [0.1, 0.15) is 10.4 Å². The molecule has 2 aromatic heterocycles. The maximum Gasteiger partial charge on any atom is 0.404 e. The van der Waals surface area contributed by atoms with Crippen LogP contribution < -0.4 is 15.6 Å². The van der Waals surface area contributed by atoms with Gasteiger partial charge in [0.2, 0.25) is 0 Å². The standard InChI is InChI=1S/C28H30N2O4S/c1-27(2,3)25(30-26(32)33)28(13-5-14-28)17-8-6-16(7-9-17)21-20(34-4)11-10-19-22(21)18-12-15-35-23(18)24(31)29-19/h6-12,15,25,30H,5,13-14H2,1-4H3,(H,29,31)(H,32,33). The summed E-state index contributed by atoms with van der Waals surface area (Å²) in [7, 11) is 1.66. The second-order valence-corrected chi connectivity index (χ2v) is 11.4. The molecule has 0 radical (unpaired) electrons. The smallest absolute Gasteiger partial charge is 0.404 e. The van der Waals surface area contributed by atoms with Crippen LogP contribution in [0.2, 0.25) is 0 Å². The topological polar surface area (TPSA) is 91.4 Å². The molecule has 1 amide bonds. The van der Waals surface area contributed by atoms with E-state index in [2.05, 4.69) is 55.3 Å². The van der Waals surface area contributed by atoms with E-state index in [1.54, 1.807) is 7.11 Å². The minimum atomic E-state index is -0.984. The molecule has 1 aliphatic carbocycles. The zero-order chi connectivity index (χ0) is 25.0. The monoisotopic (exact) mass is 490 g/mol. The number of benzene rings is 2. The van der Waals surface area contributed by atoms with Crippen molar-refractivity contribution in [2.75, 3.05) is 7.11 Å². The molecule has 1 fully saturated rings. The van der Waals surface area contributed by atoms with Crippen LogP contribution in [0.15, 0.2) is 52.6 Å². The van der Waals surface area contributed by atoms with Gasteiger partial charge in [0.15, 0.2) is 0 Å². The summed E-state index contributed by atoms with van der Waals surface area (Å²) in [4.78, 5) is 27.2. The molecule has 4 aromatic rings. The Bertz CT molecular complexity index is 1470. The van der Waals surface area contributed by atoms with Crippen molar-refractivity contribution in [2.45, 2.75) is 51.5 Å². The minimum Gasteiger partial charge on any atom is -0.496 e. The number of amides is 1. The van der Waals surface area contributed by atoms with E-state index in [-0.39, 0.29) is 22.4 Å². The molecule has 1 saturated carbocycles. The number of carbonyl (C=O) groups is 1. The molecule has 1 unspecified atom stereocenters. The maximum atomic E-state index is 12.5. The Balaban J connectivity index is 1.66. The Kier molecular flexibility index (Phi) is 5.63. The number of rotatable bonds is 5. The molecule has 7 heteroatoms. The van der Waals surface area contributed by atoms with E-state index < -0.39 is 6.09 Å². The van der Waals surface area contributed by atoms with Gasteiger partial charge in [0.25, 0.3) is 5.56 Å². The van der Waals surface area contributed by atoms with E-state index >= 15 is 0 Å². The Morgan fingerprint density at radius 3 is 2.43 bits per heavy atom. The lowest BCUT2D eigenvalue weighted by Crippen LogP contribution is -2.59. The highest BCUT2D eigenvalue weighted by Crippen LogP contribution is 2.51. The third kappa shape index (κ3) is 3.78. The highest BCUT2D eigenvalue weighted by atomic mass is 32.1. The van der Waals surface area contributed by atoms with Crippen LogP contribution in [0.4, 0.5) is 4.79 Å². The number of ether oxygens (including phenoxy) is 1. The summed E-state index contributed by atoms with van der Waals surface area (Å²) in [5.74, 6) is 0.739. The fraction of sp³-hybridized carbons (Fsp3) is 0.357. The normalized spacial score (nSPS) is 16.1. The van der Waals surface area contributed by atoms with E-state index in [1.165, 1.54) is 11.3 Å². The van der Waals surface area contributed by atoms with E-state index in [9.17, 15) is 14.7 Å². The summed E-state index contributed by atoms with van der Waals surface area (Å²) in [6.07, 6.45) is 1.99. The molecular weight excluding hydrogens is 460 g/mol. The van der Waals surface area contributed by atoms with Crippen LogP contribution in [0.5, 0.6) is 5.75 Å². The number of pyridine rings is 1. The number of hydrogen-bond acceptors (Lipinski definition) is 4. The third-order valence-corrected chi connectivity index (χ3v) is 8.37. The fourth-order valence-corrected chi connectivity index (χ4v) is 6.66. The first-order chi connectivity index (χ1) is 16.7. The lowest BCUT2D eigenvalue weighted by molar-refractivity contribution is 0.0851. The molecule has 0 saturated heterocycles. The highest BCUT2D eigenvalue weighted by Gasteiger charge is 2.50. The third-order valence-electron chi connectivity index (χ3n) is 7.46. The Labute approximate surface area is 208 Å². The van der Waals surface area contributed by atoms with Gasteiger partial charge in [-0.1, -0.05) is 51.5 Å². The summed E-state index contributed by atoms with van der Waals surface area (Å²) >= 11 is 1.43. The lowest BCUT2D eigenvalue weighted by Gasteiger charge is -2.53. The number of H-pyrrole nitrogens is 1. The van der Waals surface area contributed by atoms with Crippen molar-refractivity contribution in [1.29, 1.82) is 0 Å². The molecule has 5 rings (SSSR count). The number of aromatic nitrogens is 1. The number of carboxylic acid groups (broad SMARTS) is 1. The molecule has 2 aromatic carbocycles. The number of fused-ring (bicyclic) bond motifs is 3. The van der Waals surface area contributed by atoms with Gasteiger partial charge in [-0.05, 0) is 53.0 Å². The van der Waals surface area contributed by atoms with Crippen molar-refractivity contribution in [3.05, 3.63) is 63.8 Å². The van der Waals surface area contributed by atoms with Crippen molar-refractivity contribution in [2.24, 2.45) is 5.41 Å². The molecule has 1 aliphatic rings. The molecule has 35 heavy (non-hydrogen) atoms. The van der Waals surface area contributed by atoms with Crippen LogP contribution in [-0.2, 0) is 5.41 Å². The van der Waals surface area contributed by atoms with Crippen LogP contribution in [0, 0.1) is 5.41 Å². The molecule has 1 atom stereocenters. The van der Waals surface area contributed by atoms with E-state index in [0.717, 1.165) is 58.0 Å². The molecule has 2 heterocycles. The van der Waals surface area contributed by atoms with Gasteiger partial charge in [0, 0.05) is 33.3 Å². The first-order valence-electron chi connectivity index (χ1n) is 11.9. The van der Waals surface area contributed by atoms with Gasteiger partial charge in [-0.25, -0.2) is 4.79 Å². The molecule has 0 aliphatic heterocycles.